The summed E-state index contributed by atoms with van der Waals surface area (Å²) < 4.78 is 64.4. The second kappa shape index (κ2) is 11.2. The van der Waals surface area contributed by atoms with Gasteiger partial charge in [0.2, 0.25) is 0 Å². The van der Waals surface area contributed by atoms with Crippen LogP contribution in [0.1, 0.15) is 12.5 Å². The van der Waals surface area contributed by atoms with Crippen LogP contribution in [-0.4, -0.2) is 31.5 Å². The quantitative estimate of drug-likeness (QED) is 0.165. The van der Waals surface area contributed by atoms with Gasteiger partial charge in [-0.3, -0.25) is 0 Å². The van der Waals surface area contributed by atoms with Crippen LogP contribution in [0.25, 0.3) is 6.08 Å². The van der Waals surface area contributed by atoms with Crippen molar-refractivity contribution >= 4 is 34.8 Å². The van der Waals surface area contributed by atoms with Gasteiger partial charge in [-0.1, -0.05) is 0 Å². The molecule has 0 radical (unpaired) electrons. The van der Waals surface area contributed by atoms with Crippen molar-refractivity contribution < 1.29 is 32.0 Å². The number of rotatable bonds is 8. The molecule has 0 aromatic heterocycles. The maximum atomic E-state index is 15.7. The maximum absolute atomic E-state index is 15.7. The Morgan fingerprint density at radius 2 is 1.29 bits per heavy atom. The van der Waals surface area contributed by atoms with Crippen LogP contribution in [-0.2, 0) is 14.1 Å². The summed E-state index contributed by atoms with van der Waals surface area (Å²) in [4.78, 5) is 13.6. The van der Waals surface area contributed by atoms with Gasteiger partial charge in [-0.05, 0) is 0 Å². The van der Waals surface area contributed by atoms with Crippen LogP contribution < -0.4 is 20.7 Å². The first kappa shape index (κ1) is 29.3. The molecule has 5 rings (SSSR count). The van der Waals surface area contributed by atoms with Crippen molar-refractivity contribution in [1.82, 2.24) is 0 Å². The fourth-order valence-corrected chi connectivity index (χ4v) is 11.1. The zero-order valence-electron chi connectivity index (χ0n) is 23.1. The van der Waals surface area contributed by atoms with Gasteiger partial charge in [0, 0.05) is 0 Å². The standard InChI is InChI=1S/C34H30F3O4P/c1-3-40-32(38)31-25-42(28-13-7-4-8-14-28,29-15-9-5-10-16-29,30-17-11-6-12-18-30)41-33(31,34(35,36)37)24-23-26-19-21-27(39-2)22-20-26/h4-25H,3H2,1-2H3/b24-23+. The van der Waals surface area contributed by atoms with E-state index in [-0.39, 0.29) is 6.61 Å². The predicted octanol–water partition coefficient (Wildman–Crippen LogP) is 6.93. The van der Waals surface area contributed by atoms with E-state index in [1.165, 1.54) is 19.0 Å². The van der Waals surface area contributed by atoms with E-state index in [0.29, 0.717) is 27.2 Å². The molecule has 216 valence electrons. The number of alkyl halides is 3. The Morgan fingerprint density at radius 1 is 0.810 bits per heavy atom. The van der Waals surface area contributed by atoms with Crippen molar-refractivity contribution in [3.63, 3.8) is 0 Å². The zero-order chi connectivity index (χ0) is 29.9. The fourth-order valence-electron chi connectivity index (χ4n) is 5.48. The van der Waals surface area contributed by atoms with Gasteiger partial charge in [-0.15, -0.1) is 0 Å². The van der Waals surface area contributed by atoms with E-state index < -0.39 is 30.2 Å². The average molecular weight is 591 g/mol. The van der Waals surface area contributed by atoms with Crippen LogP contribution in [0.2, 0.25) is 0 Å². The number of methoxy groups -OCH3 is 1. The summed E-state index contributed by atoms with van der Waals surface area (Å²) in [6.07, 6.45) is -2.80. The molecule has 0 spiro atoms. The fraction of sp³-hybridized carbons (Fsp3) is 0.147. The Morgan fingerprint density at radius 3 is 1.69 bits per heavy atom. The second-order valence-corrected chi connectivity index (χ2v) is 14.0. The molecule has 1 aliphatic rings. The first-order chi connectivity index (χ1) is 20.2. The van der Waals surface area contributed by atoms with Gasteiger partial charge in [0.1, 0.15) is 0 Å². The Kier molecular flexibility index (Phi) is 7.84. The molecule has 4 aromatic rings. The van der Waals surface area contributed by atoms with Gasteiger partial charge < -0.3 is 0 Å². The predicted molar refractivity (Wildman–Crippen MR) is 162 cm³/mol. The van der Waals surface area contributed by atoms with E-state index in [9.17, 15) is 4.79 Å². The third-order valence-electron chi connectivity index (χ3n) is 7.46. The summed E-state index contributed by atoms with van der Waals surface area (Å²) >= 11 is 0. The van der Waals surface area contributed by atoms with E-state index in [2.05, 4.69) is 0 Å². The minimum absolute atomic E-state index is 0.107. The van der Waals surface area contributed by atoms with Gasteiger partial charge in [0.25, 0.3) is 0 Å². The first-order valence-electron chi connectivity index (χ1n) is 13.4. The minimum atomic E-state index is -5.05. The van der Waals surface area contributed by atoms with Crippen molar-refractivity contribution in [2.24, 2.45) is 0 Å². The van der Waals surface area contributed by atoms with E-state index in [1.807, 2.05) is 0 Å². The monoisotopic (exact) mass is 590 g/mol. The molecule has 1 unspecified atom stereocenters. The van der Waals surface area contributed by atoms with Crippen molar-refractivity contribution in [3.8, 4) is 5.75 Å². The zero-order valence-corrected chi connectivity index (χ0v) is 24.0. The van der Waals surface area contributed by atoms with E-state index >= 15 is 13.2 Å². The summed E-state index contributed by atoms with van der Waals surface area (Å²) in [6.45, 7) is -3.20. The summed E-state index contributed by atoms with van der Waals surface area (Å²) in [5.41, 5.74) is -3.29. The van der Waals surface area contributed by atoms with Gasteiger partial charge >= 0.3 is 243 Å². The average Bonchev–Trinajstić information content (AvgIpc) is 3.37. The SMILES string of the molecule is CCOC(=O)C1=CP(c2ccccc2)(c2ccccc2)(c2ccccc2)OC1(/C=C/c1ccc(OC)cc1)C(F)(F)F. The topological polar surface area (TPSA) is 44.8 Å². The molecule has 0 N–H and O–H groups in total. The van der Waals surface area contributed by atoms with E-state index in [4.69, 9.17) is 14.0 Å². The van der Waals surface area contributed by atoms with Crippen LogP contribution in [0.15, 0.2) is 133 Å². The number of hydrogen-bond acceptors (Lipinski definition) is 4. The van der Waals surface area contributed by atoms with E-state index in [1.54, 1.807) is 122 Å². The molecule has 4 nitrogen and oxygen atoms in total. The number of carbonyl (C=O) groups excluding carboxylic acids is 1. The van der Waals surface area contributed by atoms with E-state index in [0.717, 1.165) is 6.08 Å². The van der Waals surface area contributed by atoms with Gasteiger partial charge in [-0.2, -0.15) is 0 Å². The molecule has 0 fully saturated rings. The van der Waals surface area contributed by atoms with Crippen LogP contribution in [0.3, 0.4) is 0 Å². The summed E-state index contributed by atoms with van der Waals surface area (Å²) in [5.74, 6) is 0.891. The third kappa shape index (κ3) is 4.63. The molecule has 0 saturated heterocycles. The van der Waals surface area contributed by atoms with Gasteiger partial charge in [-0.25, -0.2) is 0 Å². The summed E-state index contributed by atoms with van der Waals surface area (Å²) in [7, 11) is 1.51. The van der Waals surface area contributed by atoms with Crippen molar-refractivity contribution in [1.29, 1.82) is 0 Å². The molecule has 42 heavy (non-hydrogen) atoms. The molecule has 0 bridgehead atoms. The Hall–Kier alpha value is -4.19. The first-order valence-corrected chi connectivity index (χ1v) is 15.6. The molecule has 8 heteroatoms. The van der Waals surface area contributed by atoms with Crippen molar-refractivity contribution in [2.75, 3.05) is 13.7 Å². The third-order valence-corrected chi connectivity index (χ3v) is 12.8. The second-order valence-electron chi connectivity index (χ2n) is 9.80. The number of ether oxygens (including phenoxy) is 2. The Bertz CT molecular complexity index is 1500. The molecule has 4 aromatic carbocycles. The molecule has 0 amide bonds. The Labute approximate surface area is 243 Å². The number of carbonyl (C=O) groups is 1. The van der Waals surface area contributed by atoms with Crippen LogP contribution in [0, 0.1) is 0 Å². The molecular weight excluding hydrogens is 560 g/mol. The molecule has 0 saturated carbocycles. The Balaban J connectivity index is 1.92. The van der Waals surface area contributed by atoms with Crippen molar-refractivity contribution in [3.05, 3.63) is 138 Å². The van der Waals surface area contributed by atoms with Gasteiger partial charge in [0.15, 0.2) is 0 Å². The van der Waals surface area contributed by atoms with Crippen LogP contribution >= 0.6 is 6.83 Å². The van der Waals surface area contributed by atoms with Crippen LogP contribution in [0.5, 0.6) is 5.75 Å². The normalized spacial score (nSPS) is 20.3. The number of hydrogen-bond donors (Lipinski definition) is 0. The molecule has 1 aliphatic heterocycles. The molecule has 0 aliphatic carbocycles. The molecular formula is C34H30F3O4P. The summed E-state index contributed by atoms with van der Waals surface area (Å²) in [5, 5.41) is 1.56. The number of benzene rings is 4. The molecule has 1 heterocycles. The van der Waals surface area contributed by atoms with Gasteiger partial charge in [0.05, 0.1) is 0 Å². The van der Waals surface area contributed by atoms with Crippen LogP contribution in [0.4, 0.5) is 13.2 Å². The number of halogens is 3. The number of esters is 1. The van der Waals surface area contributed by atoms with Crippen molar-refractivity contribution in [2.45, 2.75) is 18.7 Å². The molecule has 1 atom stereocenters. The summed E-state index contributed by atoms with van der Waals surface area (Å²) in [6, 6.07) is 33.1.